The van der Waals surface area contributed by atoms with Crippen LogP contribution in [0.25, 0.3) is 0 Å². The van der Waals surface area contributed by atoms with E-state index in [-0.39, 0.29) is 0 Å². The van der Waals surface area contributed by atoms with Crippen LogP contribution in [0, 0.1) is 0 Å². The standard InChI is InChI=1S/C14H27N3S/c1-13(2)17-12-16-11-14(17)10-15-8-6-4-5-7-9-18-3/h11-13,15H,4-10H2,1-3H3. The molecule has 0 unspecified atom stereocenters. The van der Waals surface area contributed by atoms with Gasteiger partial charge in [0.1, 0.15) is 0 Å². The molecule has 3 nitrogen and oxygen atoms in total. The van der Waals surface area contributed by atoms with Crippen molar-refractivity contribution >= 4 is 11.8 Å². The molecule has 0 aliphatic rings. The number of thioether (sulfide) groups is 1. The predicted molar refractivity (Wildman–Crippen MR) is 81.2 cm³/mol. The Balaban J connectivity index is 2.05. The topological polar surface area (TPSA) is 29.9 Å². The van der Waals surface area contributed by atoms with Gasteiger partial charge in [0, 0.05) is 18.8 Å². The number of hydrogen-bond donors (Lipinski definition) is 1. The van der Waals surface area contributed by atoms with Crippen LogP contribution in [-0.2, 0) is 6.54 Å². The van der Waals surface area contributed by atoms with Crippen LogP contribution < -0.4 is 5.32 Å². The highest BCUT2D eigenvalue weighted by atomic mass is 32.2. The molecule has 1 rings (SSSR count). The fraction of sp³-hybridized carbons (Fsp3) is 0.786. The first-order chi connectivity index (χ1) is 8.75. The van der Waals surface area contributed by atoms with Crippen LogP contribution in [0.15, 0.2) is 12.5 Å². The summed E-state index contributed by atoms with van der Waals surface area (Å²) in [6, 6.07) is 0.496. The van der Waals surface area contributed by atoms with Crippen molar-refractivity contribution in [2.75, 3.05) is 18.6 Å². The maximum Gasteiger partial charge on any atom is 0.0951 e. The molecule has 0 atom stereocenters. The lowest BCUT2D eigenvalue weighted by Gasteiger charge is -2.12. The molecule has 0 spiro atoms. The fourth-order valence-corrected chi connectivity index (χ4v) is 2.49. The van der Waals surface area contributed by atoms with Gasteiger partial charge in [0.2, 0.25) is 0 Å². The van der Waals surface area contributed by atoms with Crippen LogP contribution in [0.3, 0.4) is 0 Å². The van der Waals surface area contributed by atoms with Gasteiger partial charge < -0.3 is 9.88 Å². The first-order valence-corrected chi connectivity index (χ1v) is 8.35. The van der Waals surface area contributed by atoms with Gasteiger partial charge in [-0.1, -0.05) is 12.8 Å². The Morgan fingerprint density at radius 3 is 2.78 bits per heavy atom. The Morgan fingerprint density at radius 1 is 1.28 bits per heavy atom. The van der Waals surface area contributed by atoms with Gasteiger partial charge in [0.15, 0.2) is 0 Å². The van der Waals surface area contributed by atoms with Crippen LogP contribution in [0.4, 0.5) is 0 Å². The van der Waals surface area contributed by atoms with E-state index >= 15 is 0 Å². The van der Waals surface area contributed by atoms with E-state index in [1.165, 1.54) is 37.1 Å². The minimum Gasteiger partial charge on any atom is -0.331 e. The number of imidazole rings is 1. The Labute approximate surface area is 116 Å². The normalized spacial score (nSPS) is 11.3. The Hall–Kier alpha value is -0.480. The Bertz CT molecular complexity index is 310. The van der Waals surface area contributed by atoms with Gasteiger partial charge >= 0.3 is 0 Å². The van der Waals surface area contributed by atoms with E-state index in [9.17, 15) is 0 Å². The maximum atomic E-state index is 4.21. The summed E-state index contributed by atoms with van der Waals surface area (Å²) in [5.41, 5.74) is 1.28. The van der Waals surface area contributed by atoms with Crippen molar-refractivity contribution in [1.29, 1.82) is 0 Å². The van der Waals surface area contributed by atoms with Gasteiger partial charge in [0.05, 0.1) is 12.0 Å². The van der Waals surface area contributed by atoms with Crippen molar-refractivity contribution in [1.82, 2.24) is 14.9 Å². The molecule has 1 N–H and O–H groups in total. The summed E-state index contributed by atoms with van der Waals surface area (Å²) in [6.07, 6.45) is 11.4. The molecule has 4 heteroatoms. The third-order valence-corrected chi connectivity index (χ3v) is 3.76. The number of nitrogens with one attached hydrogen (secondary N) is 1. The van der Waals surface area contributed by atoms with Gasteiger partial charge in [-0.25, -0.2) is 4.98 Å². The molecule has 0 radical (unpaired) electrons. The van der Waals surface area contributed by atoms with E-state index in [0.29, 0.717) is 6.04 Å². The van der Waals surface area contributed by atoms with Crippen LogP contribution in [0.5, 0.6) is 0 Å². The molecule has 0 saturated heterocycles. The van der Waals surface area contributed by atoms with Crippen LogP contribution in [-0.4, -0.2) is 28.1 Å². The number of unbranched alkanes of at least 4 members (excludes halogenated alkanes) is 3. The molecule has 1 heterocycles. The second-order valence-corrected chi connectivity index (χ2v) is 5.96. The van der Waals surface area contributed by atoms with Crippen molar-refractivity contribution in [3.8, 4) is 0 Å². The summed E-state index contributed by atoms with van der Waals surface area (Å²) >= 11 is 1.95. The molecule has 0 aliphatic heterocycles. The zero-order valence-electron chi connectivity index (χ0n) is 12.0. The minimum absolute atomic E-state index is 0.496. The van der Waals surface area contributed by atoms with Gasteiger partial charge in [0.25, 0.3) is 0 Å². The third-order valence-electron chi connectivity index (χ3n) is 3.06. The summed E-state index contributed by atoms with van der Waals surface area (Å²) < 4.78 is 2.23. The monoisotopic (exact) mass is 269 g/mol. The molecular formula is C14H27N3S. The fourth-order valence-electron chi connectivity index (χ4n) is 2.00. The smallest absolute Gasteiger partial charge is 0.0951 e. The van der Waals surface area contributed by atoms with Gasteiger partial charge in [-0.15, -0.1) is 0 Å². The van der Waals surface area contributed by atoms with Crippen LogP contribution in [0.2, 0.25) is 0 Å². The Kier molecular flexibility index (Phi) is 8.18. The average Bonchev–Trinajstić information content (AvgIpc) is 2.81. The molecule has 0 fully saturated rings. The van der Waals surface area contributed by atoms with E-state index in [2.05, 4.69) is 35.0 Å². The molecule has 0 aromatic carbocycles. The van der Waals surface area contributed by atoms with Gasteiger partial charge in [-0.2, -0.15) is 11.8 Å². The van der Waals surface area contributed by atoms with Crippen molar-refractivity contribution in [3.63, 3.8) is 0 Å². The van der Waals surface area contributed by atoms with Crippen molar-refractivity contribution in [2.45, 2.75) is 52.1 Å². The van der Waals surface area contributed by atoms with E-state index < -0.39 is 0 Å². The molecule has 18 heavy (non-hydrogen) atoms. The predicted octanol–water partition coefficient (Wildman–Crippen LogP) is 3.48. The van der Waals surface area contributed by atoms with Crippen LogP contribution in [0.1, 0.15) is 51.3 Å². The summed E-state index contributed by atoms with van der Waals surface area (Å²) in [5.74, 6) is 1.31. The zero-order chi connectivity index (χ0) is 13.2. The lowest BCUT2D eigenvalue weighted by molar-refractivity contribution is 0.539. The minimum atomic E-state index is 0.496. The third kappa shape index (κ3) is 5.91. The number of nitrogens with zero attached hydrogens (tertiary/aromatic N) is 2. The Morgan fingerprint density at radius 2 is 2.06 bits per heavy atom. The van der Waals surface area contributed by atoms with Crippen molar-refractivity contribution in [3.05, 3.63) is 18.2 Å². The summed E-state index contributed by atoms with van der Waals surface area (Å²) in [7, 11) is 0. The summed E-state index contributed by atoms with van der Waals surface area (Å²) in [6.45, 7) is 6.43. The zero-order valence-corrected chi connectivity index (χ0v) is 12.8. The number of rotatable bonds is 10. The summed E-state index contributed by atoms with van der Waals surface area (Å²) in [4.78, 5) is 4.21. The quantitative estimate of drug-likeness (QED) is 0.660. The van der Waals surface area contributed by atoms with Crippen LogP contribution >= 0.6 is 11.8 Å². The summed E-state index contributed by atoms with van der Waals surface area (Å²) in [5, 5.41) is 3.51. The lowest BCUT2D eigenvalue weighted by atomic mass is 10.2. The highest BCUT2D eigenvalue weighted by Gasteiger charge is 2.03. The highest BCUT2D eigenvalue weighted by molar-refractivity contribution is 7.98. The molecule has 0 aliphatic carbocycles. The largest absolute Gasteiger partial charge is 0.331 e. The highest BCUT2D eigenvalue weighted by Crippen LogP contribution is 2.08. The molecule has 1 aromatic rings. The van der Waals surface area contributed by atoms with Gasteiger partial charge in [-0.05, 0) is 45.2 Å². The van der Waals surface area contributed by atoms with Gasteiger partial charge in [-0.3, -0.25) is 0 Å². The molecule has 0 bridgehead atoms. The second kappa shape index (κ2) is 9.45. The number of hydrogen-bond acceptors (Lipinski definition) is 3. The van der Waals surface area contributed by atoms with E-state index in [4.69, 9.17) is 0 Å². The molecular weight excluding hydrogens is 242 g/mol. The lowest BCUT2D eigenvalue weighted by Crippen LogP contribution is -2.18. The first-order valence-electron chi connectivity index (χ1n) is 6.96. The molecule has 104 valence electrons. The maximum absolute atomic E-state index is 4.21. The molecule has 0 saturated carbocycles. The number of aromatic nitrogens is 2. The molecule has 1 aromatic heterocycles. The van der Waals surface area contributed by atoms with Crippen molar-refractivity contribution in [2.24, 2.45) is 0 Å². The van der Waals surface area contributed by atoms with E-state index in [1.807, 2.05) is 24.3 Å². The SMILES string of the molecule is CSCCCCCCNCc1cncn1C(C)C. The molecule has 0 amide bonds. The second-order valence-electron chi connectivity index (χ2n) is 4.97. The van der Waals surface area contributed by atoms with Crippen molar-refractivity contribution < 1.29 is 0 Å². The van der Waals surface area contributed by atoms with E-state index in [0.717, 1.165) is 13.1 Å². The first kappa shape index (κ1) is 15.6. The average molecular weight is 269 g/mol. The van der Waals surface area contributed by atoms with E-state index in [1.54, 1.807) is 0 Å².